The number of allylic oxidation sites excluding steroid dienone is 1. The number of furan rings is 1. The SMILES string of the molecule is N#C/C(=C\c1ccc(-c2ccc(F)cc2)o1)c1nc(-c2cc3ccccc3oc2=O)cs1. The molecule has 0 radical (unpaired) electrons. The first-order valence-corrected chi connectivity index (χ1v) is 10.5. The fourth-order valence-electron chi connectivity index (χ4n) is 3.25. The third kappa shape index (κ3) is 3.75. The summed E-state index contributed by atoms with van der Waals surface area (Å²) < 4.78 is 24.3. The van der Waals surface area contributed by atoms with Crippen molar-refractivity contribution >= 4 is 34.0 Å². The molecule has 0 saturated heterocycles. The molecule has 0 N–H and O–H groups in total. The summed E-state index contributed by atoms with van der Waals surface area (Å²) >= 11 is 1.25. The molecule has 0 bridgehead atoms. The molecular formula is C25H13FN2O3S. The van der Waals surface area contributed by atoms with Crippen molar-refractivity contribution in [3.05, 3.63) is 99.1 Å². The Kier molecular flexibility index (Phi) is 4.98. The summed E-state index contributed by atoms with van der Waals surface area (Å²) in [5.41, 5.74) is 1.81. The zero-order valence-electron chi connectivity index (χ0n) is 16.4. The van der Waals surface area contributed by atoms with Gasteiger partial charge in [0.15, 0.2) is 0 Å². The van der Waals surface area contributed by atoms with Crippen molar-refractivity contribution in [3.63, 3.8) is 0 Å². The maximum atomic E-state index is 13.1. The van der Waals surface area contributed by atoms with Gasteiger partial charge in [-0.05, 0) is 48.5 Å². The van der Waals surface area contributed by atoms with Gasteiger partial charge < -0.3 is 8.83 Å². The second kappa shape index (κ2) is 8.10. The summed E-state index contributed by atoms with van der Waals surface area (Å²) in [7, 11) is 0. The minimum atomic E-state index is -0.488. The molecule has 154 valence electrons. The maximum Gasteiger partial charge on any atom is 0.345 e. The van der Waals surface area contributed by atoms with Crippen LogP contribution in [-0.2, 0) is 0 Å². The van der Waals surface area contributed by atoms with Gasteiger partial charge in [-0.15, -0.1) is 11.3 Å². The topological polar surface area (TPSA) is 80.0 Å². The van der Waals surface area contributed by atoms with E-state index in [9.17, 15) is 14.4 Å². The molecule has 32 heavy (non-hydrogen) atoms. The third-order valence-corrected chi connectivity index (χ3v) is 5.69. The van der Waals surface area contributed by atoms with E-state index in [2.05, 4.69) is 11.1 Å². The van der Waals surface area contributed by atoms with Crippen molar-refractivity contribution in [3.8, 4) is 28.7 Å². The van der Waals surface area contributed by atoms with E-state index < -0.39 is 5.63 Å². The predicted octanol–water partition coefficient (Wildman–Crippen LogP) is 6.38. The standard InChI is InChI=1S/C25H13FN2O3S/c26-18-7-5-15(6-8-18)23-10-9-19(30-23)11-17(13-27)24-28-21(14-32-24)20-12-16-3-1-2-4-22(16)31-25(20)29/h1-12,14H/b17-11+. The molecule has 7 heteroatoms. The van der Waals surface area contributed by atoms with Gasteiger partial charge in [-0.1, -0.05) is 18.2 Å². The molecule has 3 aromatic heterocycles. The molecule has 0 unspecified atom stereocenters. The summed E-state index contributed by atoms with van der Waals surface area (Å²) in [6.45, 7) is 0. The fraction of sp³-hybridized carbons (Fsp3) is 0. The average Bonchev–Trinajstić information content (AvgIpc) is 3.47. The van der Waals surface area contributed by atoms with Gasteiger partial charge in [0.1, 0.15) is 34.0 Å². The lowest BCUT2D eigenvalue weighted by molar-refractivity contribution is 0.563. The number of nitrogens with zero attached hydrogens (tertiary/aromatic N) is 2. The number of rotatable bonds is 4. The first-order chi connectivity index (χ1) is 15.6. The van der Waals surface area contributed by atoms with Crippen LogP contribution in [0.5, 0.6) is 0 Å². The van der Waals surface area contributed by atoms with Crippen LogP contribution in [0.4, 0.5) is 4.39 Å². The second-order valence-electron chi connectivity index (χ2n) is 6.90. The Labute approximate surface area is 185 Å². The summed E-state index contributed by atoms with van der Waals surface area (Å²) in [5.74, 6) is 0.692. The van der Waals surface area contributed by atoms with Gasteiger partial charge in [0.2, 0.25) is 0 Å². The third-order valence-electron chi connectivity index (χ3n) is 4.81. The molecule has 0 spiro atoms. The summed E-state index contributed by atoms with van der Waals surface area (Å²) in [4.78, 5) is 16.9. The highest BCUT2D eigenvalue weighted by Crippen LogP contribution is 2.29. The largest absolute Gasteiger partial charge is 0.457 e. The Morgan fingerprint density at radius 2 is 1.88 bits per heavy atom. The minimum absolute atomic E-state index is 0.298. The number of halogens is 1. The minimum Gasteiger partial charge on any atom is -0.457 e. The Morgan fingerprint density at radius 3 is 2.69 bits per heavy atom. The van der Waals surface area contributed by atoms with E-state index in [1.807, 2.05) is 12.1 Å². The zero-order valence-corrected chi connectivity index (χ0v) is 17.2. The van der Waals surface area contributed by atoms with Crippen LogP contribution in [0.2, 0.25) is 0 Å². The van der Waals surface area contributed by atoms with Crippen molar-refractivity contribution in [1.29, 1.82) is 5.26 Å². The molecule has 5 aromatic rings. The van der Waals surface area contributed by atoms with Gasteiger partial charge >= 0.3 is 5.63 Å². The van der Waals surface area contributed by atoms with E-state index in [4.69, 9.17) is 8.83 Å². The van der Waals surface area contributed by atoms with Gasteiger partial charge in [0.25, 0.3) is 0 Å². The molecule has 0 aliphatic rings. The van der Waals surface area contributed by atoms with E-state index in [1.54, 1.807) is 53.9 Å². The van der Waals surface area contributed by atoms with Crippen LogP contribution in [-0.4, -0.2) is 4.98 Å². The van der Waals surface area contributed by atoms with Gasteiger partial charge in [0, 0.05) is 22.4 Å². The Balaban J connectivity index is 1.47. The van der Waals surface area contributed by atoms with Gasteiger partial charge in [-0.2, -0.15) is 5.26 Å². The highest BCUT2D eigenvalue weighted by atomic mass is 32.1. The number of fused-ring (bicyclic) bond motifs is 1. The smallest absolute Gasteiger partial charge is 0.345 e. The quantitative estimate of drug-likeness (QED) is 0.239. The number of thiazole rings is 1. The monoisotopic (exact) mass is 440 g/mol. The molecule has 0 saturated carbocycles. The van der Waals surface area contributed by atoms with Crippen molar-refractivity contribution < 1.29 is 13.2 Å². The molecule has 0 aliphatic heterocycles. The van der Waals surface area contributed by atoms with E-state index in [0.29, 0.717) is 38.9 Å². The second-order valence-corrected chi connectivity index (χ2v) is 7.76. The fourth-order valence-corrected chi connectivity index (χ4v) is 4.03. The molecule has 5 rings (SSSR count). The van der Waals surface area contributed by atoms with Gasteiger partial charge in [-0.3, -0.25) is 0 Å². The Hall–Kier alpha value is -4.28. The molecule has 2 aromatic carbocycles. The molecule has 0 atom stereocenters. The lowest BCUT2D eigenvalue weighted by Crippen LogP contribution is -2.02. The summed E-state index contributed by atoms with van der Waals surface area (Å²) in [6.07, 6.45) is 1.58. The number of hydrogen-bond donors (Lipinski definition) is 0. The van der Waals surface area contributed by atoms with Crippen LogP contribution < -0.4 is 5.63 Å². The van der Waals surface area contributed by atoms with Crippen LogP contribution in [0.25, 0.3) is 45.2 Å². The van der Waals surface area contributed by atoms with E-state index in [1.165, 1.54) is 23.5 Å². The summed E-state index contributed by atoms with van der Waals surface area (Å²) in [6, 6.07) is 20.5. The molecular weight excluding hydrogens is 427 g/mol. The number of aromatic nitrogens is 1. The average molecular weight is 440 g/mol. The van der Waals surface area contributed by atoms with Crippen LogP contribution >= 0.6 is 11.3 Å². The highest BCUT2D eigenvalue weighted by Gasteiger charge is 2.14. The molecule has 0 aliphatic carbocycles. The van der Waals surface area contributed by atoms with Crippen molar-refractivity contribution in [2.24, 2.45) is 0 Å². The lowest BCUT2D eigenvalue weighted by Gasteiger charge is -1.99. The summed E-state index contributed by atoms with van der Waals surface area (Å²) in [5, 5.41) is 12.6. The molecule has 5 nitrogen and oxygen atoms in total. The number of hydrogen-bond acceptors (Lipinski definition) is 6. The van der Waals surface area contributed by atoms with Crippen LogP contribution in [0.15, 0.2) is 85.7 Å². The number of benzene rings is 2. The first-order valence-electron chi connectivity index (χ1n) is 9.57. The number of nitriles is 1. The zero-order chi connectivity index (χ0) is 22.1. The molecule has 3 heterocycles. The van der Waals surface area contributed by atoms with Crippen molar-refractivity contribution in [2.75, 3.05) is 0 Å². The molecule has 0 amide bonds. The predicted molar refractivity (Wildman–Crippen MR) is 121 cm³/mol. The molecule has 0 fully saturated rings. The highest BCUT2D eigenvalue weighted by molar-refractivity contribution is 7.11. The first kappa shape index (κ1) is 19.7. The van der Waals surface area contributed by atoms with E-state index in [0.717, 1.165) is 10.9 Å². The normalized spacial score (nSPS) is 11.6. The van der Waals surface area contributed by atoms with E-state index >= 15 is 0 Å². The van der Waals surface area contributed by atoms with Gasteiger partial charge in [0.05, 0.1) is 16.8 Å². The lowest BCUT2D eigenvalue weighted by atomic mass is 10.1. The van der Waals surface area contributed by atoms with E-state index in [-0.39, 0.29) is 5.82 Å². The van der Waals surface area contributed by atoms with Gasteiger partial charge in [-0.25, -0.2) is 14.2 Å². The Bertz CT molecular complexity index is 1570. The van der Waals surface area contributed by atoms with Crippen LogP contribution in [0.3, 0.4) is 0 Å². The number of para-hydroxylation sites is 1. The Morgan fingerprint density at radius 1 is 1.06 bits per heavy atom. The van der Waals surface area contributed by atoms with Crippen LogP contribution in [0.1, 0.15) is 10.8 Å². The maximum absolute atomic E-state index is 13.1. The van der Waals surface area contributed by atoms with Crippen molar-refractivity contribution in [2.45, 2.75) is 0 Å². The van der Waals surface area contributed by atoms with Crippen molar-refractivity contribution in [1.82, 2.24) is 4.98 Å². The van der Waals surface area contributed by atoms with Crippen LogP contribution in [0, 0.1) is 17.1 Å².